The van der Waals surface area contributed by atoms with Gasteiger partial charge in [0.25, 0.3) is 5.91 Å². The molecule has 1 N–H and O–H groups in total. The molecule has 2 amide bonds. The molecule has 2 unspecified atom stereocenters. The molecule has 0 spiro atoms. The van der Waals surface area contributed by atoms with Crippen LogP contribution in [0, 0.1) is 5.92 Å². The second kappa shape index (κ2) is 11.2. The van der Waals surface area contributed by atoms with Crippen LogP contribution in [0.5, 0.6) is 11.5 Å². The summed E-state index contributed by atoms with van der Waals surface area (Å²) in [5.41, 5.74) is 1.38. The van der Waals surface area contributed by atoms with Gasteiger partial charge in [-0.05, 0) is 48.9 Å². The molecule has 1 saturated heterocycles. The first kappa shape index (κ1) is 23.9. The largest absolute Gasteiger partial charge is 0.497 e. The zero-order valence-corrected chi connectivity index (χ0v) is 19.4. The number of hydrogen-bond donors (Lipinski definition) is 1. The summed E-state index contributed by atoms with van der Waals surface area (Å²) in [4.78, 5) is 28.0. The van der Waals surface area contributed by atoms with Crippen LogP contribution in [0.15, 0.2) is 42.5 Å². The fourth-order valence-corrected chi connectivity index (χ4v) is 4.14. The minimum Gasteiger partial charge on any atom is -0.497 e. The molecule has 8 heteroatoms. The first-order chi connectivity index (χ1) is 15.5. The summed E-state index contributed by atoms with van der Waals surface area (Å²) in [5, 5.41) is 3.55. The first-order valence-electron chi connectivity index (χ1n) is 10.5. The zero-order chi connectivity index (χ0) is 23.1. The van der Waals surface area contributed by atoms with Gasteiger partial charge in [0.1, 0.15) is 11.5 Å². The molecule has 32 heavy (non-hydrogen) atoms. The molecule has 0 saturated carbocycles. The van der Waals surface area contributed by atoms with Crippen LogP contribution in [0.1, 0.15) is 28.3 Å². The molecule has 0 bridgehead atoms. The lowest BCUT2D eigenvalue weighted by atomic mass is 9.87. The second-order valence-corrected chi connectivity index (χ2v) is 8.11. The fraction of sp³-hybridized carbons (Fsp3) is 0.417. The summed E-state index contributed by atoms with van der Waals surface area (Å²) in [7, 11) is 4.82. The molecular weight excluding hydrogens is 432 g/mol. The van der Waals surface area contributed by atoms with Crippen LogP contribution in [0.3, 0.4) is 0 Å². The number of benzene rings is 2. The Labute approximate surface area is 193 Å². The van der Waals surface area contributed by atoms with Crippen LogP contribution in [0.25, 0.3) is 0 Å². The van der Waals surface area contributed by atoms with Gasteiger partial charge < -0.3 is 24.4 Å². The molecule has 0 aromatic heterocycles. The highest BCUT2D eigenvalue weighted by molar-refractivity contribution is 6.30. The lowest BCUT2D eigenvalue weighted by molar-refractivity contribution is -0.125. The SMILES string of the molecule is COCCCNC(=O)C1CN(C(=O)c2ccc(Cl)cc2)CC1c1cc(OC)ccc1OC. The Morgan fingerprint density at radius 2 is 1.81 bits per heavy atom. The minimum atomic E-state index is -0.421. The van der Waals surface area contributed by atoms with Gasteiger partial charge >= 0.3 is 0 Å². The van der Waals surface area contributed by atoms with Crippen LogP contribution in [-0.2, 0) is 9.53 Å². The Kier molecular flexibility index (Phi) is 8.36. The van der Waals surface area contributed by atoms with Crippen molar-refractivity contribution in [2.45, 2.75) is 12.3 Å². The highest BCUT2D eigenvalue weighted by Crippen LogP contribution is 2.40. The third kappa shape index (κ3) is 5.53. The molecule has 2 atom stereocenters. The van der Waals surface area contributed by atoms with E-state index in [1.165, 1.54) is 0 Å². The number of nitrogens with zero attached hydrogens (tertiary/aromatic N) is 1. The first-order valence-corrected chi connectivity index (χ1v) is 10.9. The van der Waals surface area contributed by atoms with Gasteiger partial charge in [-0.1, -0.05) is 11.6 Å². The monoisotopic (exact) mass is 460 g/mol. The van der Waals surface area contributed by atoms with Crippen molar-refractivity contribution in [1.82, 2.24) is 10.2 Å². The van der Waals surface area contributed by atoms with Gasteiger partial charge in [-0.25, -0.2) is 0 Å². The van der Waals surface area contributed by atoms with E-state index in [0.717, 1.165) is 12.0 Å². The van der Waals surface area contributed by atoms with Crippen molar-refractivity contribution in [2.24, 2.45) is 5.92 Å². The summed E-state index contributed by atoms with van der Waals surface area (Å²) in [6.45, 7) is 1.78. The van der Waals surface area contributed by atoms with Crippen molar-refractivity contribution in [3.63, 3.8) is 0 Å². The van der Waals surface area contributed by atoms with Crippen LogP contribution in [0.2, 0.25) is 5.02 Å². The number of amides is 2. The number of rotatable bonds is 9. The zero-order valence-electron chi connectivity index (χ0n) is 18.6. The Morgan fingerprint density at radius 1 is 1.06 bits per heavy atom. The average molecular weight is 461 g/mol. The third-order valence-corrected chi connectivity index (χ3v) is 5.95. The van der Waals surface area contributed by atoms with E-state index in [0.29, 0.717) is 48.3 Å². The van der Waals surface area contributed by atoms with Crippen molar-refractivity contribution >= 4 is 23.4 Å². The molecule has 1 heterocycles. The second-order valence-electron chi connectivity index (χ2n) is 7.68. The lowest BCUT2D eigenvalue weighted by Gasteiger charge is -2.21. The maximum Gasteiger partial charge on any atom is 0.253 e. The van der Waals surface area contributed by atoms with Crippen LogP contribution < -0.4 is 14.8 Å². The number of carbonyl (C=O) groups excluding carboxylic acids is 2. The quantitative estimate of drug-likeness (QED) is 0.580. The molecule has 7 nitrogen and oxygen atoms in total. The van der Waals surface area contributed by atoms with Crippen molar-refractivity contribution in [1.29, 1.82) is 0 Å². The molecular formula is C24H29ClN2O5. The number of halogens is 1. The van der Waals surface area contributed by atoms with E-state index < -0.39 is 5.92 Å². The van der Waals surface area contributed by atoms with Gasteiger partial charge in [-0.3, -0.25) is 9.59 Å². The van der Waals surface area contributed by atoms with E-state index in [-0.39, 0.29) is 17.7 Å². The van der Waals surface area contributed by atoms with Gasteiger partial charge in [0.2, 0.25) is 5.91 Å². The molecule has 3 rings (SSSR count). The van der Waals surface area contributed by atoms with Crippen molar-refractivity contribution in [3.05, 3.63) is 58.6 Å². The summed E-state index contributed by atoms with van der Waals surface area (Å²) < 4.78 is 16.0. The van der Waals surface area contributed by atoms with Gasteiger partial charge in [0.15, 0.2) is 0 Å². The van der Waals surface area contributed by atoms with Crippen molar-refractivity contribution in [2.75, 3.05) is 47.6 Å². The number of nitrogens with one attached hydrogen (secondary N) is 1. The number of carbonyl (C=O) groups is 2. The number of hydrogen-bond acceptors (Lipinski definition) is 5. The standard InChI is InChI=1S/C24H29ClN2O5/c1-30-12-4-11-26-23(28)21-15-27(24(29)16-5-7-17(25)8-6-16)14-20(21)19-13-18(31-2)9-10-22(19)32-3/h5-10,13,20-21H,4,11-12,14-15H2,1-3H3,(H,26,28). The number of ether oxygens (including phenoxy) is 3. The highest BCUT2D eigenvalue weighted by Gasteiger charge is 2.41. The van der Waals surface area contributed by atoms with Crippen molar-refractivity contribution in [3.8, 4) is 11.5 Å². The summed E-state index contributed by atoms with van der Waals surface area (Å²) in [6, 6.07) is 12.3. The van der Waals surface area contributed by atoms with E-state index in [4.69, 9.17) is 25.8 Å². The maximum absolute atomic E-state index is 13.2. The molecule has 2 aromatic rings. The number of methoxy groups -OCH3 is 3. The molecule has 1 aliphatic heterocycles. The molecule has 1 aliphatic rings. The van der Waals surface area contributed by atoms with Gasteiger partial charge in [0.05, 0.1) is 20.1 Å². The Balaban J connectivity index is 1.88. The molecule has 172 valence electrons. The summed E-state index contributed by atoms with van der Waals surface area (Å²) in [5.74, 6) is 0.440. The Bertz CT molecular complexity index is 934. The van der Waals surface area contributed by atoms with Crippen LogP contribution >= 0.6 is 11.6 Å². The van der Waals surface area contributed by atoms with Gasteiger partial charge in [0, 0.05) is 55.4 Å². The topological polar surface area (TPSA) is 77.1 Å². The molecule has 2 aromatic carbocycles. The number of likely N-dealkylation sites (tertiary alicyclic amines) is 1. The average Bonchev–Trinajstić information content (AvgIpc) is 3.26. The Hall–Kier alpha value is -2.77. The predicted octanol–water partition coefficient (Wildman–Crippen LogP) is 3.37. The highest BCUT2D eigenvalue weighted by atomic mass is 35.5. The Morgan fingerprint density at radius 3 is 2.47 bits per heavy atom. The van der Waals surface area contributed by atoms with Crippen LogP contribution in [-0.4, -0.2) is 64.3 Å². The fourth-order valence-electron chi connectivity index (χ4n) is 4.01. The third-order valence-electron chi connectivity index (χ3n) is 5.70. The smallest absolute Gasteiger partial charge is 0.253 e. The summed E-state index contributed by atoms with van der Waals surface area (Å²) >= 11 is 5.96. The van der Waals surface area contributed by atoms with Crippen LogP contribution in [0.4, 0.5) is 0 Å². The predicted molar refractivity (Wildman–Crippen MR) is 123 cm³/mol. The van der Waals surface area contributed by atoms with Crippen molar-refractivity contribution < 1.29 is 23.8 Å². The van der Waals surface area contributed by atoms with E-state index in [1.807, 2.05) is 18.2 Å². The molecule has 0 radical (unpaired) electrons. The van der Waals surface area contributed by atoms with E-state index >= 15 is 0 Å². The summed E-state index contributed by atoms with van der Waals surface area (Å²) in [6.07, 6.45) is 0.718. The van der Waals surface area contributed by atoms with E-state index in [9.17, 15) is 9.59 Å². The molecule has 1 fully saturated rings. The van der Waals surface area contributed by atoms with E-state index in [2.05, 4.69) is 5.32 Å². The van der Waals surface area contributed by atoms with E-state index in [1.54, 1.807) is 50.5 Å². The lowest BCUT2D eigenvalue weighted by Crippen LogP contribution is -2.36. The van der Waals surface area contributed by atoms with Gasteiger partial charge in [-0.2, -0.15) is 0 Å². The maximum atomic E-state index is 13.2. The molecule has 0 aliphatic carbocycles. The van der Waals surface area contributed by atoms with Gasteiger partial charge in [-0.15, -0.1) is 0 Å². The minimum absolute atomic E-state index is 0.0950. The normalized spacial score (nSPS) is 17.8.